The van der Waals surface area contributed by atoms with E-state index in [0.717, 1.165) is 18.6 Å². The summed E-state index contributed by atoms with van der Waals surface area (Å²) >= 11 is 0. The van der Waals surface area contributed by atoms with Gasteiger partial charge in [-0.25, -0.2) is 0 Å². The molecule has 2 unspecified atom stereocenters. The van der Waals surface area contributed by atoms with Crippen molar-refractivity contribution in [3.63, 3.8) is 0 Å². The number of likely N-dealkylation sites (tertiary alicyclic amines) is 1. The highest BCUT2D eigenvalue weighted by atomic mass is 15.2. The van der Waals surface area contributed by atoms with Crippen LogP contribution >= 0.6 is 0 Å². The zero-order valence-corrected chi connectivity index (χ0v) is 12.0. The summed E-state index contributed by atoms with van der Waals surface area (Å²) in [5.41, 5.74) is 0.458. The van der Waals surface area contributed by atoms with Crippen LogP contribution in [-0.2, 0) is 0 Å². The summed E-state index contributed by atoms with van der Waals surface area (Å²) < 4.78 is 0. The number of nitrogens with one attached hydrogen (secondary N) is 2. The lowest BCUT2D eigenvalue weighted by Gasteiger charge is -2.40. The summed E-state index contributed by atoms with van der Waals surface area (Å²) in [5.74, 6) is 0. The van der Waals surface area contributed by atoms with Crippen LogP contribution in [0.25, 0.3) is 0 Å². The van der Waals surface area contributed by atoms with E-state index in [1.54, 1.807) is 0 Å². The summed E-state index contributed by atoms with van der Waals surface area (Å²) in [6, 6.07) is 2.34. The van der Waals surface area contributed by atoms with E-state index >= 15 is 0 Å². The van der Waals surface area contributed by atoms with Crippen molar-refractivity contribution in [2.75, 3.05) is 26.2 Å². The molecule has 0 aromatic heterocycles. The van der Waals surface area contributed by atoms with Crippen molar-refractivity contribution >= 4 is 0 Å². The fraction of sp³-hybridized carbons (Fsp3) is 1.00. The normalized spacial score (nSPS) is 37.0. The highest BCUT2D eigenvalue weighted by Gasteiger charge is 2.36. The summed E-state index contributed by atoms with van der Waals surface area (Å²) in [5, 5.41) is 7.52. The molecule has 3 fully saturated rings. The maximum absolute atomic E-state index is 3.82. The van der Waals surface area contributed by atoms with Crippen LogP contribution in [0.3, 0.4) is 0 Å². The molecule has 1 aliphatic carbocycles. The quantitative estimate of drug-likeness (QED) is 0.794. The zero-order chi connectivity index (χ0) is 12.6. The molecule has 3 rings (SSSR count). The Hall–Kier alpha value is -0.120. The Bertz CT molecular complexity index is 285. The topological polar surface area (TPSA) is 27.3 Å². The molecule has 0 aromatic carbocycles. The van der Waals surface area contributed by atoms with E-state index in [2.05, 4.69) is 29.4 Å². The lowest BCUT2D eigenvalue weighted by molar-refractivity contribution is 0.172. The van der Waals surface area contributed by atoms with E-state index in [4.69, 9.17) is 0 Å². The Morgan fingerprint density at radius 2 is 2.11 bits per heavy atom. The minimum absolute atomic E-state index is 0.458. The number of nitrogens with zero attached hydrogens (tertiary/aromatic N) is 1. The predicted octanol–water partition coefficient (Wildman–Crippen LogP) is 1.59. The van der Waals surface area contributed by atoms with E-state index in [1.165, 1.54) is 51.7 Å². The highest BCUT2D eigenvalue weighted by Crippen LogP contribution is 2.31. The molecule has 2 atom stereocenters. The lowest BCUT2D eigenvalue weighted by Crippen LogP contribution is -2.53. The molecule has 18 heavy (non-hydrogen) atoms. The first-order valence-electron chi connectivity index (χ1n) is 7.86. The van der Waals surface area contributed by atoms with Crippen molar-refractivity contribution in [2.45, 2.75) is 64.1 Å². The minimum atomic E-state index is 0.458. The Morgan fingerprint density at radius 3 is 2.83 bits per heavy atom. The molecule has 2 N–H and O–H groups in total. The van der Waals surface area contributed by atoms with Gasteiger partial charge >= 0.3 is 0 Å². The third-order valence-electron chi connectivity index (χ3n) is 5.23. The zero-order valence-electron chi connectivity index (χ0n) is 12.0. The monoisotopic (exact) mass is 251 g/mol. The van der Waals surface area contributed by atoms with Gasteiger partial charge in [0.1, 0.15) is 0 Å². The van der Waals surface area contributed by atoms with Crippen molar-refractivity contribution in [1.82, 2.24) is 15.5 Å². The Balaban J connectivity index is 1.43. The summed E-state index contributed by atoms with van der Waals surface area (Å²) in [6.45, 7) is 9.79. The van der Waals surface area contributed by atoms with Gasteiger partial charge in [-0.1, -0.05) is 13.8 Å². The van der Waals surface area contributed by atoms with Crippen molar-refractivity contribution in [3.8, 4) is 0 Å². The van der Waals surface area contributed by atoms with Crippen molar-refractivity contribution in [3.05, 3.63) is 0 Å². The van der Waals surface area contributed by atoms with Crippen LogP contribution in [0.15, 0.2) is 0 Å². The summed E-state index contributed by atoms with van der Waals surface area (Å²) in [4.78, 5) is 2.69. The second-order valence-corrected chi connectivity index (χ2v) is 7.22. The SMILES string of the molecule is CC1(C)CCCNC1CNC1CCN(C2CC2)C1. The molecule has 3 heteroatoms. The van der Waals surface area contributed by atoms with Gasteiger partial charge in [-0.2, -0.15) is 0 Å². The molecule has 2 saturated heterocycles. The second-order valence-electron chi connectivity index (χ2n) is 7.22. The third kappa shape index (κ3) is 2.89. The molecule has 0 aromatic rings. The minimum Gasteiger partial charge on any atom is -0.312 e. The van der Waals surface area contributed by atoms with Crippen LogP contribution in [-0.4, -0.2) is 49.2 Å². The molecular formula is C15H29N3. The van der Waals surface area contributed by atoms with Crippen LogP contribution in [0.4, 0.5) is 0 Å². The van der Waals surface area contributed by atoms with Gasteiger partial charge in [-0.15, -0.1) is 0 Å². The van der Waals surface area contributed by atoms with Gasteiger partial charge in [-0.05, 0) is 44.1 Å². The third-order valence-corrected chi connectivity index (χ3v) is 5.23. The molecule has 0 spiro atoms. The van der Waals surface area contributed by atoms with Crippen molar-refractivity contribution < 1.29 is 0 Å². The van der Waals surface area contributed by atoms with E-state index in [9.17, 15) is 0 Å². The highest BCUT2D eigenvalue weighted by molar-refractivity contribution is 4.94. The average molecular weight is 251 g/mol. The first-order valence-corrected chi connectivity index (χ1v) is 7.86. The van der Waals surface area contributed by atoms with Gasteiger partial charge in [0.25, 0.3) is 0 Å². The molecule has 0 amide bonds. The molecule has 2 heterocycles. The van der Waals surface area contributed by atoms with Gasteiger partial charge in [0.15, 0.2) is 0 Å². The van der Waals surface area contributed by atoms with Crippen molar-refractivity contribution in [2.24, 2.45) is 5.41 Å². The number of rotatable bonds is 4. The van der Waals surface area contributed by atoms with Crippen LogP contribution in [0, 0.1) is 5.41 Å². The molecule has 3 aliphatic rings. The number of hydrogen-bond donors (Lipinski definition) is 2. The van der Waals surface area contributed by atoms with Crippen LogP contribution < -0.4 is 10.6 Å². The Morgan fingerprint density at radius 1 is 1.28 bits per heavy atom. The maximum atomic E-state index is 3.82. The van der Waals surface area contributed by atoms with Gasteiger partial charge < -0.3 is 10.6 Å². The first-order chi connectivity index (χ1) is 8.65. The Kier molecular flexibility index (Phi) is 3.65. The van der Waals surface area contributed by atoms with Crippen LogP contribution in [0.5, 0.6) is 0 Å². The number of piperidine rings is 1. The van der Waals surface area contributed by atoms with Gasteiger partial charge in [0.05, 0.1) is 0 Å². The summed E-state index contributed by atoms with van der Waals surface area (Å²) in [7, 11) is 0. The molecule has 0 radical (unpaired) electrons. The molecule has 3 nitrogen and oxygen atoms in total. The standard InChI is InChI=1S/C15H29N3/c1-15(2)7-3-8-16-14(15)10-17-12-6-9-18(11-12)13-4-5-13/h12-14,16-17H,3-11H2,1-2H3. The predicted molar refractivity (Wildman–Crippen MR) is 75.8 cm³/mol. The summed E-state index contributed by atoms with van der Waals surface area (Å²) in [6.07, 6.45) is 6.95. The fourth-order valence-corrected chi connectivity index (χ4v) is 3.63. The van der Waals surface area contributed by atoms with Crippen LogP contribution in [0.2, 0.25) is 0 Å². The molecule has 104 valence electrons. The Labute approximate surface area is 112 Å². The lowest BCUT2D eigenvalue weighted by atomic mass is 9.77. The van der Waals surface area contributed by atoms with E-state index in [1.807, 2.05) is 0 Å². The maximum Gasteiger partial charge on any atom is 0.0243 e. The van der Waals surface area contributed by atoms with Gasteiger partial charge in [0.2, 0.25) is 0 Å². The van der Waals surface area contributed by atoms with E-state index < -0.39 is 0 Å². The fourth-order valence-electron chi connectivity index (χ4n) is 3.63. The van der Waals surface area contributed by atoms with E-state index in [-0.39, 0.29) is 0 Å². The second kappa shape index (κ2) is 5.10. The van der Waals surface area contributed by atoms with E-state index in [0.29, 0.717) is 11.5 Å². The molecule has 2 aliphatic heterocycles. The average Bonchev–Trinajstić information content (AvgIpc) is 3.08. The van der Waals surface area contributed by atoms with Gasteiger partial charge in [-0.3, -0.25) is 4.90 Å². The number of hydrogen-bond acceptors (Lipinski definition) is 3. The van der Waals surface area contributed by atoms with Gasteiger partial charge in [0, 0.05) is 37.8 Å². The largest absolute Gasteiger partial charge is 0.312 e. The molecule has 0 bridgehead atoms. The van der Waals surface area contributed by atoms with Crippen LogP contribution in [0.1, 0.15) is 46.0 Å². The molecular weight excluding hydrogens is 222 g/mol. The van der Waals surface area contributed by atoms with Crippen molar-refractivity contribution in [1.29, 1.82) is 0 Å². The smallest absolute Gasteiger partial charge is 0.0243 e. The first kappa shape index (κ1) is 12.9. The molecule has 1 saturated carbocycles.